The van der Waals surface area contributed by atoms with E-state index in [1.54, 1.807) is 12.1 Å². The molecule has 0 heterocycles. The molecule has 0 saturated carbocycles. The molecule has 0 saturated heterocycles. The minimum Gasteiger partial charge on any atom is -0.487 e. The largest absolute Gasteiger partial charge is 0.487 e. The molecule has 0 amide bonds. The van der Waals surface area contributed by atoms with Gasteiger partial charge in [-0.2, -0.15) is 0 Å². The lowest BCUT2D eigenvalue weighted by atomic mass is 10.2. The zero-order valence-corrected chi connectivity index (χ0v) is 9.48. The van der Waals surface area contributed by atoms with Gasteiger partial charge in [0.2, 0.25) is 0 Å². The molecule has 16 heavy (non-hydrogen) atoms. The summed E-state index contributed by atoms with van der Waals surface area (Å²) in [5.41, 5.74) is 5.77. The topological polar surface area (TPSA) is 59.1 Å². The zero-order valence-electron chi connectivity index (χ0n) is 8.67. The fourth-order valence-electron chi connectivity index (χ4n) is 1.22. The lowest BCUT2D eigenvalue weighted by Gasteiger charge is -2.13. The first-order valence-electron chi connectivity index (χ1n) is 4.48. The van der Waals surface area contributed by atoms with Crippen LogP contribution in [0.25, 0.3) is 0 Å². The Morgan fingerprint density at radius 3 is 2.75 bits per heavy atom. The van der Waals surface area contributed by atoms with Gasteiger partial charge >= 0.3 is 0 Å². The van der Waals surface area contributed by atoms with Gasteiger partial charge in [0.05, 0.1) is 5.56 Å². The van der Waals surface area contributed by atoms with E-state index in [-0.39, 0.29) is 11.6 Å². The first-order chi connectivity index (χ1) is 7.56. The first kappa shape index (κ1) is 12.8. The number of amidine groups is 1. The summed E-state index contributed by atoms with van der Waals surface area (Å²) in [4.78, 5) is 0.735. The third-order valence-electron chi connectivity index (χ3n) is 1.84. The Morgan fingerprint density at radius 1 is 1.56 bits per heavy atom. The second-order valence-corrected chi connectivity index (χ2v) is 3.80. The Kier molecular flexibility index (Phi) is 4.54. The van der Waals surface area contributed by atoms with Crippen LogP contribution < -0.4 is 10.5 Å². The van der Waals surface area contributed by atoms with Crippen molar-refractivity contribution in [2.24, 2.45) is 5.73 Å². The van der Waals surface area contributed by atoms with Crippen LogP contribution >= 0.6 is 11.8 Å². The van der Waals surface area contributed by atoms with Gasteiger partial charge in [-0.25, -0.2) is 8.78 Å². The van der Waals surface area contributed by atoms with Crippen molar-refractivity contribution in [3.63, 3.8) is 0 Å². The van der Waals surface area contributed by atoms with Gasteiger partial charge in [-0.1, -0.05) is 6.07 Å². The van der Waals surface area contributed by atoms with E-state index in [2.05, 4.69) is 0 Å². The maximum Gasteiger partial charge on any atom is 0.272 e. The number of alkyl halides is 2. The molecule has 0 bridgehead atoms. The molecule has 0 aromatic heterocycles. The molecule has 6 heteroatoms. The number of nitrogens with two attached hydrogens (primary N) is 1. The summed E-state index contributed by atoms with van der Waals surface area (Å²) in [7, 11) is 0. The highest BCUT2D eigenvalue weighted by Crippen LogP contribution is 2.28. The number of nitrogen functional groups attached to an aromatic ring is 1. The monoisotopic (exact) mass is 246 g/mol. The number of halogens is 2. The molecular weight excluding hydrogens is 234 g/mol. The SMILES string of the molecule is CSc1cccc(OCC(F)F)c1C(=N)N. The van der Waals surface area contributed by atoms with Crippen LogP contribution in [0.3, 0.4) is 0 Å². The van der Waals surface area contributed by atoms with Gasteiger partial charge in [-0.3, -0.25) is 5.41 Å². The molecule has 0 radical (unpaired) electrons. The van der Waals surface area contributed by atoms with Crippen LogP contribution in [-0.2, 0) is 0 Å². The van der Waals surface area contributed by atoms with E-state index in [4.69, 9.17) is 15.9 Å². The fraction of sp³-hybridized carbons (Fsp3) is 0.300. The number of hydrogen-bond donors (Lipinski definition) is 2. The van der Waals surface area contributed by atoms with Crippen LogP contribution in [0.1, 0.15) is 5.56 Å². The number of nitrogens with one attached hydrogen (secondary N) is 1. The third kappa shape index (κ3) is 3.10. The Balaban J connectivity index is 3.02. The second-order valence-electron chi connectivity index (χ2n) is 2.95. The smallest absolute Gasteiger partial charge is 0.272 e. The third-order valence-corrected chi connectivity index (χ3v) is 2.62. The normalized spacial score (nSPS) is 10.5. The highest BCUT2D eigenvalue weighted by atomic mass is 32.2. The van der Waals surface area contributed by atoms with Crippen LogP contribution in [0.4, 0.5) is 8.78 Å². The van der Waals surface area contributed by atoms with Crippen molar-refractivity contribution >= 4 is 17.6 Å². The van der Waals surface area contributed by atoms with Crippen molar-refractivity contribution in [2.45, 2.75) is 11.3 Å². The molecule has 3 N–H and O–H groups in total. The number of benzene rings is 1. The van der Waals surface area contributed by atoms with Gasteiger partial charge in [0, 0.05) is 4.90 Å². The van der Waals surface area contributed by atoms with Crippen molar-refractivity contribution in [2.75, 3.05) is 12.9 Å². The first-order valence-corrected chi connectivity index (χ1v) is 5.71. The molecule has 3 nitrogen and oxygen atoms in total. The van der Waals surface area contributed by atoms with Gasteiger partial charge in [-0.05, 0) is 18.4 Å². The molecule has 0 unspecified atom stereocenters. The maximum atomic E-state index is 12.0. The highest BCUT2D eigenvalue weighted by Gasteiger charge is 2.13. The molecule has 0 atom stereocenters. The predicted octanol–water partition coefficient (Wildman–Crippen LogP) is 2.34. The van der Waals surface area contributed by atoms with E-state index in [0.717, 1.165) is 4.90 Å². The average molecular weight is 246 g/mol. The Labute approximate surface area is 96.5 Å². The van der Waals surface area contributed by atoms with Crippen molar-refractivity contribution in [3.8, 4) is 5.75 Å². The standard InChI is InChI=1S/C10H12F2N2OS/c1-16-7-4-2-3-6(9(7)10(13)14)15-5-8(11)12/h2-4,8H,5H2,1H3,(H3,13,14). The van der Waals surface area contributed by atoms with E-state index < -0.39 is 13.0 Å². The molecule has 0 fully saturated rings. The summed E-state index contributed by atoms with van der Waals surface area (Å²) >= 11 is 1.38. The fourth-order valence-corrected chi connectivity index (χ4v) is 1.85. The van der Waals surface area contributed by atoms with Gasteiger partial charge in [0.25, 0.3) is 6.43 Å². The van der Waals surface area contributed by atoms with Crippen LogP contribution in [0, 0.1) is 5.41 Å². The summed E-state index contributed by atoms with van der Waals surface area (Å²) < 4.78 is 29.0. The predicted molar refractivity (Wildman–Crippen MR) is 60.7 cm³/mol. The van der Waals surface area contributed by atoms with Crippen molar-refractivity contribution < 1.29 is 13.5 Å². The Bertz CT molecular complexity index is 385. The van der Waals surface area contributed by atoms with Gasteiger partial charge in [0.1, 0.15) is 18.2 Å². The number of hydrogen-bond acceptors (Lipinski definition) is 3. The molecule has 88 valence electrons. The molecule has 0 spiro atoms. The van der Waals surface area contributed by atoms with Crippen molar-refractivity contribution in [1.82, 2.24) is 0 Å². The maximum absolute atomic E-state index is 12.0. The summed E-state index contributed by atoms with van der Waals surface area (Å²) in [6.45, 7) is -0.696. The molecule has 0 aliphatic heterocycles. The van der Waals surface area contributed by atoms with Crippen LogP contribution in [0.15, 0.2) is 23.1 Å². The molecule has 0 aliphatic carbocycles. The summed E-state index contributed by atoms with van der Waals surface area (Å²) in [5.74, 6) is 0.0360. The van der Waals surface area contributed by atoms with Gasteiger partial charge in [-0.15, -0.1) is 11.8 Å². The summed E-state index contributed by atoms with van der Waals surface area (Å²) in [6.07, 6.45) is -0.726. The zero-order chi connectivity index (χ0) is 12.1. The van der Waals surface area contributed by atoms with Crippen molar-refractivity contribution in [1.29, 1.82) is 5.41 Å². The molecule has 0 aliphatic rings. The average Bonchev–Trinajstić information content (AvgIpc) is 2.25. The summed E-state index contributed by atoms with van der Waals surface area (Å²) in [6, 6.07) is 4.97. The van der Waals surface area contributed by atoms with E-state index in [1.165, 1.54) is 17.8 Å². The lowest BCUT2D eigenvalue weighted by Crippen LogP contribution is -2.16. The highest BCUT2D eigenvalue weighted by molar-refractivity contribution is 7.98. The molecule has 1 aromatic carbocycles. The number of thioether (sulfide) groups is 1. The van der Waals surface area contributed by atoms with Gasteiger partial charge in [0.15, 0.2) is 0 Å². The van der Waals surface area contributed by atoms with Crippen LogP contribution in [-0.4, -0.2) is 25.1 Å². The van der Waals surface area contributed by atoms with Crippen LogP contribution in [0.2, 0.25) is 0 Å². The molecular formula is C10H12F2N2OS. The van der Waals surface area contributed by atoms with Crippen molar-refractivity contribution in [3.05, 3.63) is 23.8 Å². The Morgan fingerprint density at radius 2 is 2.25 bits per heavy atom. The minimum absolute atomic E-state index is 0.186. The summed E-state index contributed by atoms with van der Waals surface area (Å²) in [5, 5.41) is 7.40. The number of ether oxygens (including phenoxy) is 1. The van der Waals surface area contributed by atoms with E-state index >= 15 is 0 Å². The van der Waals surface area contributed by atoms with Gasteiger partial charge < -0.3 is 10.5 Å². The quantitative estimate of drug-likeness (QED) is 0.476. The minimum atomic E-state index is -2.54. The second kappa shape index (κ2) is 5.69. The van der Waals surface area contributed by atoms with E-state index in [0.29, 0.717) is 5.56 Å². The van der Waals surface area contributed by atoms with E-state index in [9.17, 15) is 8.78 Å². The Hall–Kier alpha value is -1.30. The number of rotatable bonds is 5. The van der Waals surface area contributed by atoms with Crippen LogP contribution in [0.5, 0.6) is 5.75 Å². The molecule has 1 aromatic rings. The molecule has 1 rings (SSSR count). The lowest BCUT2D eigenvalue weighted by molar-refractivity contribution is 0.0817. The van der Waals surface area contributed by atoms with E-state index in [1.807, 2.05) is 6.26 Å².